The zero-order chi connectivity index (χ0) is 25.9. The Balaban J connectivity index is 1.02. The minimum absolute atomic E-state index is 0.0737. The van der Waals surface area contributed by atoms with Crippen molar-refractivity contribution in [1.29, 1.82) is 0 Å². The van der Waals surface area contributed by atoms with Gasteiger partial charge >= 0.3 is 12.5 Å². The first-order chi connectivity index (χ1) is 16.7. The molecule has 1 heterocycles. The van der Waals surface area contributed by atoms with Crippen molar-refractivity contribution in [3.63, 3.8) is 0 Å². The first kappa shape index (κ1) is 25.1. The maximum absolute atomic E-state index is 12.9. The van der Waals surface area contributed by atoms with Crippen molar-refractivity contribution in [1.82, 2.24) is 10.6 Å². The van der Waals surface area contributed by atoms with Crippen molar-refractivity contribution in [2.45, 2.75) is 86.9 Å². The molecule has 4 saturated carbocycles. The van der Waals surface area contributed by atoms with Crippen LogP contribution in [0.1, 0.15) is 49.7 Å². The molecule has 6 rings (SSSR count). The number of hydrogen-bond acceptors (Lipinski definition) is 5. The Hall–Kier alpha value is -2.54. The number of carbonyl (C=O) groups is 2. The first-order valence-electron chi connectivity index (χ1n) is 11.6. The van der Waals surface area contributed by atoms with Gasteiger partial charge in [0.05, 0.1) is 17.8 Å². The second-order valence-corrected chi connectivity index (χ2v) is 10.2. The van der Waals surface area contributed by atoms with E-state index < -0.39 is 47.5 Å². The fraction of sp³-hybridized carbons (Fsp3) is 0.652. The van der Waals surface area contributed by atoms with Gasteiger partial charge in [0.15, 0.2) is 6.10 Å². The number of halogens is 6. The number of carbonyl (C=O) groups excluding carboxylic acids is 2. The standard InChI is InChI=1S/C23H24F6N2O5/c24-22(25,26)13-2-4-16-12(5-13)1-3-17(35-16)19(33)31-21-9-20(10-21,11-21)30-18(32)8-34-14-6-15(7-14)36-23(27,28)29/h2,4-5,14-15,17H,1,3,6-11H2,(H,30,32)(H,31,33)/t14?,15?,17-,20?,21?/m0/s1. The van der Waals surface area contributed by atoms with Gasteiger partial charge in [0, 0.05) is 23.9 Å². The third kappa shape index (κ3) is 5.13. The molecule has 0 unspecified atom stereocenters. The molecule has 1 aromatic rings. The molecule has 36 heavy (non-hydrogen) atoms. The molecule has 13 heteroatoms. The Bertz CT molecular complexity index is 1030. The number of hydrogen-bond donors (Lipinski definition) is 2. The van der Waals surface area contributed by atoms with Gasteiger partial charge in [0.25, 0.3) is 5.91 Å². The zero-order valence-electron chi connectivity index (χ0n) is 18.9. The molecule has 2 bridgehead atoms. The van der Waals surface area contributed by atoms with Crippen molar-refractivity contribution in [2.24, 2.45) is 0 Å². The van der Waals surface area contributed by atoms with Crippen LogP contribution in [0.15, 0.2) is 18.2 Å². The molecule has 0 radical (unpaired) electrons. The summed E-state index contributed by atoms with van der Waals surface area (Å²) in [7, 11) is 0. The Labute approximate surface area is 201 Å². The van der Waals surface area contributed by atoms with Crippen molar-refractivity contribution in [3.8, 4) is 5.75 Å². The normalized spacial score (nSPS) is 32.7. The highest BCUT2D eigenvalue weighted by Gasteiger charge is 2.69. The summed E-state index contributed by atoms with van der Waals surface area (Å²) in [4.78, 5) is 24.9. The van der Waals surface area contributed by atoms with E-state index in [1.54, 1.807) is 0 Å². The number of nitrogens with one attached hydrogen (secondary N) is 2. The second-order valence-electron chi connectivity index (χ2n) is 10.2. The van der Waals surface area contributed by atoms with E-state index in [1.807, 2.05) is 0 Å². The molecule has 0 saturated heterocycles. The average molecular weight is 522 g/mol. The van der Waals surface area contributed by atoms with Gasteiger partial charge in [-0.1, -0.05) is 0 Å². The highest BCUT2D eigenvalue weighted by Crippen LogP contribution is 2.60. The zero-order valence-corrected chi connectivity index (χ0v) is 18.9. The molecular weight excluding hydrogens is 498 g/mol. The summed E-state index contributed by atoms with van der Waals surface area (Å²) >= 11 is 0. The quantitative estimate of drug-likeness (QED) is 0.537. The number of alkyl halides is 6. The van der Waals surface area contributed by atoms with Crippen LogP contribution in [0.4, 0.5) is 26.3 Å². The van der Waals surface area contributed by atoms with Crippen LogP contribution in [-0.2, 0) is 31.7 Å². The smallest absolute Gasteiger partial charge is 0.480 e. The fourth-order valence-corrected chi connectivity index (χ4v) is 5.61. The molecule has 2 amide bonds. The lowest BCUT2D eigenvalue weighted by Crippen LogP contribution is -2.84. The Morgan fingerprint density at radius 3 is 2.31 bits per heavy atom. The molecule has 1 aliphatic heterocycles. The molecule has 0 aromatic heterocycles. The molecule has 1 aromatic carbocycles. The molecule has 198 valence electrons. The highest BCUT2D eigenvalue weighted by molar-refractivity contribution is 5.84. The van der Waals surface area contributed by atoms with E-state index in [4.69, 9.17) is 9.47 Å². The van der Waals surface area contributed by atoms with Crippen LogP contribution in [0.3, 0.4) is 0 Å². The molecule has 0 spiro atoms. The van der Waals surface area contributed by atoms with E-state index in [2.05, 4.69) is 15.4 Å². The Morgan fingerprint density at radius 1 is 1.00 bits per heavy atom. The fourth-order valence-electron chi connectivity index (χ4n) is 5.61. The molecular formula is C23H24F6N2O5. The van der Waals surface area contributed by atoms with Gasteiger partial charge < -0.3 is 20.1 Å². The van der Waals surface area contributed by atoms with Crippen LogP contribution >= 0.6 is 0 Å². The minimum Gasteiger partial charge on any atom is -0.480 e. The van der Waals surface area contributed by atoms with Crippen LogP contribution in [0.2, 0.25) is 0 Å². The molecule has 4 fully saturated rings. The number of aryl methyl sites for hydroxylation is 1. The maximum Gasteiger partial charge on any atom is 0.522 e. The van der Waals surface area contributed by atoms with Crippen molar-refractivity contribution in [2.75, 3.05) is 6.61 Å². The van der Waals surface area contributed by atoms with Crippen molar-refractivity contribution < 1.29 is 50.1 Å². The molecule has 2 N–H and O–H groups in total. The van der Waals surface area contributed by atoms with Gasteiger partial charge in [0.2, 0.25) is 5.91 Å². The molecule has 1 atom stereocenters. The predicted octanol–water partition coefficient (Wildman–Crippen LogP) is 3.39. The Kier molecular flexibility index (Phi) is 5.94. The summed E-state index contributed by atoms with van der Waals surface area (Å²) in [5.41, 5.74) is -1.24. The lowest BCUT2D eigenvalue weighted by Gasteiger charge is -2.70. The number of amides is 2. The van der Waals surface area contributed by atoms with E-state index >= 15 is 0 Å². The number of benzene rings is 1. The van der Waals surface area contributed by atoms with Gasteiger partial charge in [-0.15, -0.1) is 13.2 Å². The van der Waals surface area contributed by atoms with E-state index in [0.717, 1.165) is 12.1 Å². The maximum atomic E-state index is 12.9. The van der Waals surface area contributed by atoms with Crippen LogP contribution < -0.4 is 15.4 Å². The summed E-state index contributed by atoms with van der Waals surface area (Å²) in [6, 6.07) is 3.20. The monoisotopic (exact) mass is 522 g/mol. The van der Waals surface area contributed by atoms with Gasteiger partial charge in [-0.05, 0) is 55.9 Å². The lowest BCUT2D eigenvalue weighted by atomic mass is 9.44. The highest BCUT2D eigenvalue weighted by atomic mass is 19.4. The lowest BCUT2D eigenvalue weighted by molar-refractivity contribution is -0.357. The molecule has 5 aliphatic rings. The largest absolute Gasteiger partial charge is 0.522 e. The SMILES string of the molecule is O=C(COC1CC(OC(F)(F)F)C1)NC12CC(NC(=O)[C@@H]3CCc4cc(C(F)(F)F)ccc4O3)(C1)C2. The first-order valence-corrected chi connectivity index (χ1v) is 11.6. The number of ether oxygens (including phenoxy) is 3. The summed E-state index contributed by atoms with van der Waals surface area (Å²) in [5.74, 6) is -0.456. The molecule has 4 aliphatic carbocycles. The van der Waals surface area contributed by atoms with Crippen molar-refractivity contribution >= 4 is 11.8 Å². The topological polar surface area (TPSA) is 85.9 Å². The Morgan fingerprint density at radius 2 is 1.67 bits per heavy atom. The van der Waals surface area contributed by atoms with Crippen LogP contribution in [0.5, 0.6) is 5.75 Å². The number of rotatable bonds is 7. The summed E-state index contributed by atoms with van der Waals surface area (Å²) < 4.78 is 89.9. The third-order valence-corrected chi connectivity index (χ3v) is 7.25. The van der Waals surface area contributed by atoms with Gasteiger partial charge in [-0.25, -0.2) is 0 Å². The van der Waals surface area contributed by atoms with E-state index in [0.29, 0.717) is 24.8 Å². The summed E-state index contributed by atoms with van der Waals surface area (Å²) in [5, 5.41) is 5.82. The predicted molar refractivity (Wildman–Crippen MR) is 110 cm³/mol. The second kappa shape index (κ2) is 8.51. The van der Waals surface area contributed by atoms with Crippen LogP contribution in [0, 0.1) is 0 Å². The minimum atomic E-state index is -4.68. The van der Waals surface area contributed by atoms with E-state index in [1.165, 1.54) is 6.07 Å². The van der Waals surface area contributed by atoms with Crippen molar-refractivity contribution in [3.05, 3.63) is 29.3 Å². The van der Waals surface area contributed by atoms with Gasteiger partial charge in [0.1, 0.15) is 12.4 Å². The number of fused-ring (bicyclic) bond motifs is 1. The molecule has 7 nitrogen and oxygen atoms in total. The third-order valence-electron chi connectivity index (χ3n) is 7.25. The van der Waals surface area contributed by atoms with Crippen LogP contribution in [-0.4, -0.2) is 54.2 Å². The van der Waals surface area contributed by atoms with E-state index in [9.17, 15) is 35.9 Å². The van der Waals surface area contributed by atoms with Crippen LogP contribution in [0.25, 0.3) is 0 Å². The summed E-state index contributed by atoms with van der Waals surface area (Å²) in [6.07, 6.45) is -9.07. The van der Waals surface area contributed by atoms with Gasteiger partial charge in [-0.3, -0.25) is 14.3 Å². The summed E-state index contributed by atoms with van der Waals surface area (Å²) in [6.45, 7) is -0.268. The van der Waals surface area contributed by atoms with Gasteiger partial charge in [-0.2, -0.15) is 13.2 Å². The average Bonchev–Trinajstić information content (AvgIpc) is 2.70. The van der Waals surface area contributed by atoms with E-state index in [-0.39, 0.29) is 49.9 Å².